The maximum Gasteiger partial charge on any atom is 0.304 e. The molecule has 4 fully saturated rings. The van der Waals surface area contributed by atoms with E-state index >= 15 is 0 Å². The number of hydrogen-bond acceptors (Lipinski definition) is 4. The SMILES string of the molecule is CCC(C)(C)OOC(C)(C)C#CC(C=C(Cl)C12CC3CC(CC(C3)C1)C2)OC(C)=O. The Labute approximate surface area is 187 Å². The summed E-state index contributed by atoms with van der Waals surface area (Å²) in [5.41, 5.74) is -1.18. The minimum Gasteiger partial charge on any atom is -0.445 e. The van der Waals surface area contributed by atoms with Crippen LogP contribution in [0.3, 0.4) is 0 Å². The van der Waals surface area contributed by atoms with Gasteiger partial charge in [0.25, 0.3) is 0 Å². The lowest BCUT2D eigenvalue weighted by Gasteiger charge is -2.56. The van der Waals surface area contributed by atoms with Crippen molar-refractivity contribution in [1.82, 2.24) is 0 Å². The molecule has 4 rings (SSSR count). The van der Waals surface area contributed by atoms with Crippen molar-refractivity contribution in [3.63, 3.8) is 0 Å². The number of esters is 1. The van der Waals surface area contributed by atoms with Crippen LogP contribution in [0.15, 0.2) is 11.1 Å². The van der Waals surface area contributed by atoms with E-state index in [0.29, 0.717) is 0 Å². The molecule has 0 aliphatic heterocycles. The van der Waals surface area contributed by atoms with Crippen molar-refractivity contribution >= 4 is 17.6 Å². The fourth-order valence-corrected chi connectivity index (χ4v) is 5.88. The van der Waals surface area contributed by atoms with Gasteiger partial charge in [-0.15, -0.1) is 0 Å². The summed E-state index contributed by atoms with van der Waals surface area (Å²) >= 11 is 6.92. The highest BCUT2D eigenvalue weighted by atomic mass is 35.5. The van der Waals surface area contributed by atoms with E-state index in [2.05, 4.69) is 11.8 Å². The molecule has 168 valence electrons. The van der Waals surface area contributed by atoms with Crippen molar-refractivity contribution in [1.29, 1.82) is 0 Å². The molecule has 0 aromatic heterocycles. The summed E-state index contributed by atoms with van der Waals surface area (Å²) in [6.07, 6.45) is 9.52. The maximum atomic E-state index is 11.7. The highest BCUT2D eigenvalue weighted by Gasteiger charge is 2.52. The largest absolute Gasteiger partial charge is 0.445 e. The summed E-state index contributed by atoms with van der Waals surface area (Å²) in [5.74, 6) is 8.12. The lowest BCUT2D eigenvalue weighted by Crippen LogP contribution is -2.46. The smallest absolute Gasteiger partial charge is 0.304 e. The van der Waals surface area contributed by atoms with E-state index in [1.54, 1.807) is 0 Å². The third-order valence-electron chi connectivity index (χ3n) is 6.98. The first-order valence-electron chi connectivity index (χ1n) is 11.4. The van der Waals surface area contributed by atoms with E-state index in [1.807, 2.05) is 40.7 Å². The van der Waals surface area contributed by atoms with E-state index in [9.17, 15) is 4.79 Å². The molecule has 1 unspecified atom stereocenters. The van der Waals surface area contributed by atoms with E-state index in [0.717, 1.165) is 48.5 Å². The van der Waals surface area contributed by atoms with Crippen molar-refractivity contribution in [2.45, 2.75) is 104 Å². The Kier molecular flexibility index (Phi) is 6.97. The first-order chi connectivity index (χ1) is 13.9. The Bertz CT molecular complexity index is 705. The van der Waals surface area contributed by atoms with E-state index in [1.165, 1.54) is 26.2 Å². The van der Waals surface area contributed by atoms with Crippen molar-refractivity contribution in [2.75, 3.05) is 0 Å². The third kappa shape index (κ3) is 5.81. The minimum absolute atomic E-state index is 0.0522. The number of ether oxygens (including phenoxy) is 1. The highest BCUT2D eigenvalue weighted by Crippen LogP contribution is 2.63. The van der Waals surface area contributed by atoms with Crippen molar-refractivity contribution in [3.05, 3.63) is 11.1 Å². The second-order valence-electron chi connectivity index (χ2n) is 10.8. The van der Waals surface area contributed by atoms with Gasteiger partial charge in [-0.1, -0.05) is 30.4 Å². The van der Waals surface area contributed by atoms with Crippen LogP contribution in [0.4, 0.5) is 0 Å². The molecule has 0 N–H and O–H groups in total. The van der Waals surface area contributed by atoms with Gasteiger partial charge in [0.2, 0.25) is 0 Å². The summed E-state index contributed by atoms with van der Waals surface area (Å²) in [5, 5.41) is 0.823. The first kappa shape index (κ1) is 23.6. The molecule has 5 heteroatoms. The molecule has 30 heavy (non-hydrogen) atoms. The molecule has 4 saturated carbocycles. The van der Waals surface area contributed by atoms with Gasteiger partial charge < -0.3 is 4.74 Å². The summed E-state index contributed by atoms with van der Waals surface area (Å²) in [4.78, 5) is 22.8. The summed E-state index contributed by atoms with van der Waals surface area (Å²) in [6, 6.07) is 0. The molecular formula is C25H37ClO4. The predicted molar refractivity (Wildman–Crippen MR) is 118 cm³/mol. The Morgan fingerprint density at radius 1 is 1.10 bits per heavy atom. The van der Waals surface area contributed by atoms with Gasteiger partial charge >= 0.3 is 5.97 Å². The molecule has 0 spiro atoms. The number of carbonyl (C=O) groups excluding carboxylic acids is 1. The summed E-state index contributed by atoms with van der Waals surface area (Å²) in [6.45, 7) is 11.0. The van der Waals surface area contributed by atoms with Crippen LogP contribution < -0.4 is 0 Å². The number of allylic oxidation sites excluding steroid dienone is 1. The summed E-state index contributed by atoms with van der Waals surface area (Å²) in [7, 11) is 0. The quantitative estimate of drug-likeness (QED) is 0.207. The fraction of sp³-hybridized carbons (Fsp3) is 0.800. The van der Waals surface area contributed by atoms with Gasteiger partial charge in [-0.2, -0.15) is 0 Å². The zero-order chi connectivity index (χ0) is 22.2. The number of hydrogen-bond donors (Lipinski definition) is 0. The molecule has 0 amide bonds. The molecule has 4 aliphatic rings. The molecular weight excluding hydrogens is 400 g/mol. The van der Waals surface area contributed by atoms with Gasteiger partial charge in [0, 0.05) is 17.4 Å². The van der Waals surface area contributed by atoms with Crippen LogP contribution in [0.2, 0.25) is 0 Å². The molecule has 4 nitrogen and oxygen atoms in total. The number of rotatable bonds is 7. The van der Waals surface area contributed by atoms with Gasteiger partial charge in [-0.05, 0) is 96.5 Å². The second-order valence-corrected chi connectivity index (χ2v) is 11.2. The topological polar surface area (TPSA) is 44.8 Å². The van der Waals surface area contributed by atoms with Crippen molar-refractivity contribution < 1.29 is 19.3 Å². The van der Waals surface area contributed by atoms with E-state index in [-0.39, 0.29) is 11.4 Å². The monoisotopic (exact) mass is 436 g/mol. The molecule has 1 atom stereocenters. The molecule has 4 bridgehead atoms. The molecule has 0 aromatic carbocycles. The van der Waals surface area contributed by atoms with Crippen LogP contribution in [0.5, 0.6) is 0 Å². The fourth-order valence-electron chi connectivity index (χ4n) is 5.54. The minimum atomic E-state index is -0.841. The van der Waals surface area contributed by atoms with Crippen LogP contribution in [0, 0.1) is 35.0 Å². The normalized spacial score (nSPS) is 31.8. The van der Waals surface area contributed by atoms with E-state index in [4.69, 9.17) is 26.1 Å². The maximum absolute atomic E-state index is 11.7. The third-order valence-corrected chi connectivity index (χ3v) is 7.50. The van der Waals surface area contributed by atoms with Crippen molar-refractivity contribution in [3.8, 4) is 11.8 Å². The lowest BCUT2D eigenvalue weighted by atomic mass is 9.49. The number of carbonyl (C=O) groups is 1. The average Bonchev–Trinajstić information content (AvgIpc) is 2.63. The van der Waals surface area contributed by atoms with Crippen LogP contribution in [0.1, 0.15) is 86.5 Å². The van der Waals surface area contributed by atoms with Gasteiger partial charge in [-0.3, -0.25) is 4.79 Å². The lowest BCUT2D eigenvalue weighted by molar-refractivity contribution is -0.388. The van der Waals surface area contributed by atoms with Gasteiger partial charge in [-0.25, -0.2) is 9.78 Å². The second kappa shape index (κ2) is 8.85. The van der Waals surface area contributed by atoms with Gasteiger partial charge in [0.1, 0.15) is 0 Å². The highest BCUT2D eigenvalue weighted by molar-refractivity contribution is 6.30. The van der Waals surface area contributed by atoms with Crippen molar-refractivity contribution in [2.24, 2.45) is 23.2 Å². The molecule has 4 aliphatic carbocycles. The van der Waals surface area contributed by atoms with Gasteiger partial charge in [0.05, 0.1) is 5.60 Å². The van der Waals surface area contributed by atoms with Crippen LogP contribution in [-0.2, 0) is 19.3 Å². The van der Waals surface area contributed by atoms with Crippen LogP contribution >= 0.6 is 11.6 Å². The predicted octanol–water partition coefficient (Wildman–Crippen LogP) is 6.18. The molecule has 0 heterocycles. The Balaban J connectivity index is 1.75. The molecule has 0 radical (unpaired) electrons. The summed E-state index contributed by atoms with van der Waals surface area (Å²) < 4.78 is 5.48. The zero-order valence-corrected chi connectivity index (χ0v) is 20.1. The number of halogens is 1. The van der Waals surface area contributed by atoms with Crippen LogP contribution in [-0.4, -0.2) is 23.3 Å². The zero-order valence-electron chi connectivity index (χ0n) is 19.3. The van der Waals surface area contributed by atoms with Crippen LogP contribution in [0.25, 0.3) is 0 Å². The standard InChI is InChI=1S/C25H37ClO4/c1-7-23(3,4)29-30-24(5,6)9-8-21(28-17(2)27)13-22(26)25-14-18-10-19(15-25)12-20(11-18)16-25/h13,18-21H,7,10-12,14-16H2,1-6H3. The molecule has 0 saturated heterocycles. The Morgan fingerprint density at radius 2 is 1.63 bits per heavy atom. The molecule has 0 aromatic rings. The van der Waals surface area contributed by atoms with E-state index < -0.39 is 17.3 Å². The first-order valence-corrected chi connectivity index (χ1v) is 11.7. The van der Waals surface area contributed by atoms with Gasteiger partial charge in [0.15, 0.2) is 11.7 Å². The Hall–Kier alpha value is -1.02. The average molecular weight is 437 g/mol. The Morgan fingerprint density at radius 3 is 2.10 bits per heavy atom.